The zero-order valence-electron chi connectivity index (χ0n) is 12.1. The van der Waals surface area contributed by atoms with Crippen LogP contribution in [0.3, 0.4) is 0 Å². The van der Waals surface area contributed by atoms with Crippen molar-refractivity contribution in [2.45, 2.75) is 46.1 Å². The molecule has 0 saturated carbocycles. The first-order valence-corrected chi connectivity index (χ1v) is 7.97. The van der Waals surface area contributed by atoms with E-state index in [9.17, 15) is 5.11 Å². The Morgan fingerprint density at radius 1 is 1.37 bits per heavy atom. The first kappa shape index (κ1) is 14.9. The Morgan fingerprint density at radius 3 is 2.47 bits per heavy atom. The smallest absolute Gasteiger partial charge is 0.0762 e. The second-order valence-electron chi connectivity index (χ2n) is 6.04. The molecule has 1 N–H and O–H groups in total. The first-order valence-electron chi connectivity index (χ1n) is 7.18. The van der Waals surface area contributed by atoms with Gasteiger partial charge >= 0.3 is 0 Å². The average molecular weight is 326 g/mol. The SMILES string of the molecule is CCC1(C)CCN(c2ccc([C@H](C)O)cc2Br)CC1. The summed E-state index contributed by atoms with van der Waals surface area (Å²) < 4.78 is 1.09. The van der Waals surface area contributed by atoms with Crippen LogP contribution in [0.25, 0.3) is 0 Å². The molecule has 0 spiro atoms. The standard InChI is InChI=1S/C16H24BrNO/c1-4-16(3)7-9-18(10-8-16)15-6-5-13(12(2)19)11-14(15)17/h5-6,11-12,19H,4,7-10H2,1-3H3/t12-/m0/s1. The van der Waals surface area contributed by atoms with Gasteiger partial charge in [0.05, 0.1) is 11.8 Å². The Bertz CT molecular complexity index is 436. The van der Waals surface area contributed by atoms with Gasteiger partial charge in [-0.25, -0.2) is 0 Å². The minimum absolute atomic E-state index is 0.407. The number of nitrogens with zero attached hydrogens (tertiary/aromatic N) is 1. The maximum atomic E-state index is 9.62. The van der Waals surface area contributed by atoms with Gasteiger partial charge in [0.15, 0.2) is 0 Å². The fraction of sp³-hybridized carbons (Fsp3) is 0.625. The molecular formula is C16H24BrNO. The van der Waals surface area contributed by atoms with Gasteiger partial charge in [0, 0.05) is 17.6 Å². The van der Waals surface area contributed by atoms with Crippen molar-refractivity contribution >= 4 is 21.6 Å². The molecule has 1 aliphatic heterocycles. The lowest BCUT2D eigenvalue weighted by atomic mass is 9.78. The Balaban J connectivity index is 2.12. The Morgan fingerprint density at radius 2 is 2.00 bits per heavy atom. The number of benzene rings is 1. The van der Waals surface area contributed by atoms with Crippen LogP contribution in [0.1, 0.15) is 51.7 Å². The lowest BCUT2D eigenvalue weighted by Gasteiger charge is -2.40. The largest absolute Gasteiger partial charge is 0.389 e. The summed E-state index contributed by atoms with van der Waals surface area (Å²) in [6.45, 7) is 8.74. The summed E-state index contributed by atoms with van der Waals surface area (Å²) in [6, 6.07) is 6.19. The fourth-order valence-electron chi connectivity index (χ4n) is 2.68. The summed E-state index contributed by atoms with van der Waals surface area (Å²) in [7, 11) is 0. The topological polar surface area (TPSA) is 23.5 Å². The van der Waals surface area contributed by atoms with E-state index < -0.39 is 6.10 Å². The second kappa shape index (κ2) is 5.84. The minimum atomic E-state index is -0.407. The van der Waals surface area contributed by atoms with Gasteiger partial charge in [0.25, 0.3) is 0 Å². The summed E-state index contributed by atoms with van der Waals surface area (Å²) >= 11 is 3.64. The van der Waals surface area contributed by atoms with E-state index in [2.05, 4.69) is 40.7 Å². The van der Waals surface area contributed by atoms with E-state index in [4.69, 9.17) is 0 Å². The van der Waals surface area contributed by atoms with E-state index in [1.807, 2.05) is 12.1 Å². The predicted molar refractivity (Wildman–Crippen MR) is 84.6 cm³/mol. The lowest BCUT2D eigenvalue weighted by molar-refractivity contribution is 0.199. The third kappa shape index (κ3) is 3.32. The number of aliphatic hydroxyl groups excluding tert-OH is 1. The molecule has 0 aromatic heterocycles. The highest BCUT2D eigenvalue weighted by atomic mass is 79.9. The molecule has 2 rings (SSSR count). The van der Waals surface area contributed by atoms with Gasteiger partial charge < -0.3 is 10.0 Å². The van der Waals surface area contributed by atoms with Crippen LogP contribution in [-0.2, 0) is 0 Å². The predicted octanol–water partition coefficient (Wildman–Crippen LogP) is 4.52. The molecular weight excluding hydrogens is 302 g/mol. The van der Waals surface area contributed by atoms with Crippen molar-refractivity contribution in [1.29, 1.82) is 0 Å². The van der Waals surface area contributed by atoms with Crippen molar-refractivity contribution in [2.75, 3.05) is 18.0 Å². The van der Waals surface area contributed by atoms with Gasteiger partial charge in [-0.05, 0) is 58.8 Å². The number of hydrogen-bond acceptors (Lipinski definition) is 2. The summed E-state index contributed by atoms with van der Waals surface area (Å²) in [4.78, 5) is 2.45. The highest BCUT2D eigenvalue weighted by Crippen LogP contribution is 2.38. The molecule has 1 aromatic carbocycles. The number of anilines is 1. The molecule has 0 radical (unpaired) electrons. The zero-order chi connectivity index (χ0) is 14.0. The van der Waals surface area contributed by atoms with E-state index in [1.165, 1.54) is 24.9 Å². The molecule has 0 aliphatic carbocycles. The molecule has 3 heteroatoms. The van der Waals surface area contributed by atoms with Crippen LogP contribution in [-0.4, -0.2) is 18.2 Å². The summed E-state index contributed by atoms with van der Waals surface area (Å²) in [5, 5.41) is 9.62. The van der Waals surface area contributed by atoms with Crippen molar-refractivity contribution in [1.82, 2.24) is 0 Å². The van der Waals surface area contributed by atoms with Crippen LogP contribution in [0.2, 0.25) is 0 Å². The van der Waals surface area contributed by atoms with Crippen molar-refractivity contribution in [3.05, 3.63) is 28.2 Å². The first-order chi connectivity index (χ1) is 8.95. The third-order valence-electron chi connectivity index (χ3n) is 4.62. The normalized spacial score (nSPS) is 20.4. The summed E-state index contributed by atoms with van der Waals surface area (Å²) in [5.41, 5.74) is 2.73. The van der Waals surface area contributed by atoms with Gasteiger partial charge in [0.2, 0.25) is 0 Å². The summed E-state index contributed by atoms with van der Waals surface area (Å²) in [5.74, 6) is 0. The minimum Gasteiger partial charge on any atom is -0.389 e. The van der Waals surface area contributed by atoms with Gasteiger partial charge in [-0.3, -0.25) is 0 Å². The molecule has 0 amide bonds. The number of halogens is 1. The van der Waals surface area contributed by atoms with Crippen LogP contribution in [0, 0.1) is 5.41 Å². The molecule has 0 unspecified atom stereocenters. The average Bonchev–Trinajstić information content (AvgIpc) is 2.40. The maximum Gasteiger partial charge on any atom is 0.0762 e. The lowest BCUT2D eigenvalue weighted by Crippen LogP contribution is -2.38. The quantitative estimate of drug-likeness (QED) is 0.883. The van der Waals surface area contributed by atoms with Crippen LogP contribution in [0.5, 0.6) is 0 Å². The zero-order valence-corrected chi connectivity index (χ0v) is 13.7. The van der Waals surface area contributed by atoms with Crippen LogP contribution >= 0.6 is 15.9 Å². The molecule has 1 saturated heterocycles. The van der Waals surface area contributed by atoms with E-state index in [-0.39, 0.29) is 0 Å². The van der Waals surface area contributed by atoms with Crippen LogP contribution in [0.4, 0.5) is 5.69 Å². The van der Waals surface area contributed by atoms with E-state index in [0.717, 1.165) is 23.1 Å². The molecule has 106 valence electrons. The van der Waals surface area contributed by atoms with Crippen molar-refractivity contribution in [3.63, 3.8) is 0 Å². The van der Waals surface area contributed by atoms with Gasteiger partial charge in [-0.15, -0.1) is 0 Å². The summed E-state index contributed by atoms with van der Waals surface area (Å²) in [6.07, 6.45) is 3.38. The van der Waals surface area contributed by atoms with E-state index in [0.29, 0.717) is 5.41 Å². The number of aliphatic hydroxyl groups is 1. The van der Waals surface area contributed by atoms with E-state index in [1.54, 1.807) is 6.92 Å². The third-order valence-corrected chi connectivity index (χ3v) is 5.25. The molecule has 2 nitrogen and oxygen atoms in total. The molecule has 1 aliphatic rings. The maximum absolute atomic E-state index is 9.62. The molecule has 1 heterocycles. The number of rotatable bonds is 3. The van der Waals surface area contributed by atoms with E-state index >= 15 is 0 Å². The molecule has 1 atom stereocenters. The van der Waals surface area contributed by atoms with Gasteiger partial charge in [0.1, 0.15) is 0 Å². The number of piperidine rings is 1. The van der Waals surface area contributed by atoms with Crippen LogP contribution in [0.15, 0.2) is 22.7 Å². The molecule has 1 fully saturated rings. The van der Waals surface area contributed by atoms with Crippen LogP contribution < -0.4 is 4.90 Å². The van der Waals surface area contributed by atoms with Gasteiger partial charge in [-0.2, -0.15) is 0 Å². The van der Waals surface area contributed by atoms with Crippen molar-refractivity contribution < 1.29 is 5.11 Å². The molecule has 1 aromatic rings. The molecule has 0 bridgehead atoms. The Hall–Kier alpha value is -0.540. The van der Waals surface area contributed by atoms with Crippen molar-refractivity contribution in [3.8, 4) is 0 Å². The fourth-order valence-corrected chi connectivity index (χ4v) is 3.33. The number of hydrogen-bond donors (Lipinski definition) is 1. The second-order valence-corrected chi connectivity index (χ2v) is 6.89. The monoisotopic (exact) mass is 325 g/mol. The Labute approximate surface area is 124 Å². The highest BCUT2D eigenvalue weighted by Gasteiger charge is 2.28. The van der Waals surface area contributed by atoms with Crippen molar-refractivity contribution in [2.24, 2.45) is 5.41 Å². The highest BCUT2D eigenvalue weighted by molar-refractivity contribution is 9.10. The van der Waals surface area contributed by atoms with Gasteiger partial charge in [-0.1, -0.05) is 26.3 Å². The Kier molecular flexibility index (Phi) is 4.57. The molecule has 19 heavy (non-hydrogen) atoms.